The minimum atomic E-state index is -4.34. The highest BCUT2D eigenvalue weighted by Gasteiger charge is 2.38. The minimum absolute atomic E-state index is 0.193. The van der Waals surface area contributed by atoms with Crippen molar-refractivity contribution in [1.82, 2.24) is 5.43 Å². The highest BCUT2D eigenvalue weighted by atomic mass is 79.9. The van der Waals surface area contributed by atoms with Crippen LogP contribution in [0.3, 0.4) is 0 Å². The molecule has 0 bridgehead atoms. The van der Waals surface area contributed by atoms with Gasteiger partial charge in [0.15, 0.2) is 0 Å². The molecule has 0 spiro atoms. The number of rotatable bonds is 3. The van der Waals surface area contributed by atoms with Gasteiger partial charge in [0.1, 0.15) is 6.04 Å². The Hall–Kier alpha value is -0.590. The number of hydrogen-bond acceptors (Lipinski definition) is 2. The second-order valence-electron chi connectivity index (χ2n) is 3.06. The van der Waals surface area contributed by atoms with Crippen molar-refractivity contribution >= 4 is 15.9 Å². The van der Waals surface area contributed by atoms with E-state index in [-0.39, 0.29) is 6.42 Å². The van der Waals surface area contributed by atoms with Gasteiger partial charge in [-0.25, -0.2) is 5.43 Å². The Morgan fingerprint density at radius 1 is 1.33 bits per heavy atom. The topological polar surface area (TPSA) is 38.0 Å². The fraction of sp³-hybridized carbons (Fsp3) is 0.333. The fourth-order valence-electron chi connectivity index (χ4n) is 1.15. The lowest BCUT2D eigenvalue weighted by Crippen LogP contribution is -2.47. The van der Waals surface area contributed by atoms with E-state index >= 15 is 0 Å². The summed E-state index contributed by atoms with van der Waals surface area (Å²) < 4.78 is 37.8. The molecule has 1 atom stereocenters. The van der Waals surface area contributed by atoms with Crippen LogP contribution >= 0.6 is 15.9 Å². The Morgan fingerprint density at radius 2 is 1.93 bits per heavy atom. The quantitative estimate of drug-likeness (QED) is 0.660. The number of alkyl halides is 3. The Morgan fingerprint density at radius 3 is 2.40 bits per heavy atom. The van der Waals surface area contributed by atoms with Gasteiger partial charge in [0.05, 0.1) is 0 Å². The molecule has 0 aromatic heterocycles. The lowest BCUT2D eigenvalue weighted by atomic mass is 10.1. The molecule has 0 saturated carbocycles. The van der Waals surface area contributed by atoms with Gasteiger partial charge in [0.2, 0.25) is 0 Å². The summed E-state index contributed by atoms with van der Waals surface area (Å²) in [5.41, 5.74) is 2.34. The summed E-state index contributed by atoms with van der Waals surface area (Å²) in [4.78, 5) is 0. The largest absolute Gasteiger partial charge is 0.405 e. The Bertz CT molecular complexity index is 327. The molecule has 6 heteroatoms. The van der Waals surface area contributed by atoms with E-state index in [1.807, 2.05) is 0 Å². The smallest absolute Gasteiger partial charge is 0.271 e. The highest BCUT2D eigenvalue weighted by Crippen LogP contribution is 2.25. The van der Waals surface area contributed by atoms with Gasteiger partial charge in [-0.15, -0.1) is 0 Å². The van der Waals surface area contributed by atoms with Crippen molar-refractivity contribution in [3.63, 3.8) is 0 Å². The molecule has 3 N–H and O–H groups in total. The van der Waals surface area contributed by atoms with Gasteiger partial charge in [0, 0.05) is 4.47 Å². The Balaban J connectivity index is 2.80. The van der Waals surface area contributed by atoms with E-state index < -0.39 is 12.2 Å². The molecule has 0 aliphatic heterocycles. The van der Waals surface area contributed by atoms with E-state index in [0.29, 0.717) is 10.0 Å². The number of nitrogens with one attached hydrogen (secondary N) is 1. The summed E-state index contributed by atoms with van der Waals surface area (Å²) >= 11 is 3.18. The van der Waals surface area contributed by atoms with Crippen LogP contribution in [0.1, 0.15) is 5.56 Å². The molecule has 1 aromatic carbocycles. The van der Waals surface area contributed by atoms with Gasteiger partial charge in [-0.3, -0.25) is 5.84 Å². The van der Waals surface area contributed by atoms with Crippen LogP contribution < -0.4 is 11.3 Å². The van der Waals surface area contributed by atoms with Gasteiger partial charge < -0.3 is 0 Å². The molecule has 1 aromatic rings. The summed E-state index contributed by atoms with van der Waals surface area (Å²) in [7, 11) is 0. The number of hydrazine groups is 1. The number of hydrogen-bond donors (Lipinski definition) is 2. The van der Waals surface area contributed by atoms with E-state index in [4.69, 9.17) is 5.84 Å². The molecule has 84 valence electrons. The summed E-state index contributed by atoms with van der Waals surface area (Å²) in [5, 5.41) is 0. The minimum Gasteiger partial charge on any atom is -0.271 e. The summed E-state index contributed by atoms with van der Waals surface area (Å²) in [6.07, 6.45) is -4.54. The van der Waals surface area contributed by atoms with Crippen molar-refractivity contribution < 1.29 is 13.2 Å². The maximum Gasteiger partial charge on any atom is 0.405 e. The van der Waals surface area contributed by atoms with E-state index in [0.717, 1.165) is 0 Å². The normalized spacial score (nSPS) is 13.9. The SMILES string of the molecule is NNC(Cc1ccccc1Br)C(F)(F)F. The maximum atomic E-state index is 12.4. The first-order chi connectivity index (χ1) is 6.95. The molecule has 1 rings (SSSR count). The van der Waals surface area contributed by atoms with E-state index in [9.17, 15) is 13.2 Å². The highest BCUT2D eigenvalue weighted by molar-refractivity contribution is 9.10. The van der Waals surface area contributed by atoms with Crippen LogP contribution in [0.2, 0.25) is 0 Å². The van der Waals surface area contributed by atoms with Crippen LogP contribution in [0.4, 0.5) is 13.2 Å². The molecule has 0 heterocycles. The zero-order chi connectivity index (χ0) is 11.5. The van der Waals surface area contributed by atoms with E-state index in [1.165, 1.54) is 0 Å². The van der Waals surface area contributed by atoms with E-state index in [1.54, 1.807) is 29.7 Å². The monoisotopic (exact) mass is 282 g/mol. The predicted octanol–water partition coefficient (Wildman–Crippen LogP) is 2.39. The Kier molecular flexibility index (Phi) is 4.12. The molecule has 0 aliphatic carbocycles. The van der Waals surface area contributed by atoms with Crippen LogP contribution in [0.15, 0.2) is 28.7 Å². The third-order valence-electron chi connectivity index (χ3n) is 1.98. The van der Waals surface area contributed by atoms with Gasteiger partial charge in [-0.1, -0.05) is 34.1 Å². The fourth-order valence-corrected chi connectivity index (χ4v) is 1.60. The van der Waals surface area contributed by atoms with Crippen molar-refractivity contribution in [1.29, 1.82) is 0 Å². The van der Waals surface area contributed by atoms with Crippen LogP contribution in [-0.2, 0) is 6.42 Å². The van der Waals surface area contributed by atoms with Crippen molar-refractivity contribution in [3.8, 4) is 0 Å². The first-order valence-electron chi connectivity index (χ1n) is 4.21. The lowest BCUT2D eigenvalue weighted by molar-refractivity contribution is -0.155. The van der Waals surface area contributed by atoms with Crippen molar-refractivity contribution in [2.45, 2.75) is 18.6 Å². The number of benzene rings is 1. The zero-order valence-electron chi connectivity index (χ0n) is 7.68. The van der Waals surface area contributed by atoms with Crippen molar-refractivity contribution in [2.75, 3.05) is 0 Å². The van der Waals surface area contributed by atoms with Crippen LogP contribution in [0.25, 0.3) is 0 Å². The second kappa shape index (κ2) is 4.96. The van der Waals surface area contributed by atoms with Gasteiger partial charge >= 0.3 is 6.18 Å². The molecule has 0 fully saturated rings. The van der Waals surface area contributed by atoms with Crippen LogP contribution in [0, 0.1) is 0 Å². The first kappa shape index (κ1) is 12.5. The van der Waals surface area contributed by atoms with Gasteiger partial charge in [-0.2, -0.15) is 13.2 Å². The molecule has 15 heavy (non-hydrogen) atoms. The molecule has 2 nitrogen and oxygen atoms in total. The second-order valence-corrected chi connectivity index (χ2v) is 3.91. The molecule has 1 unspecified atom stereocenters. The third-order valence-corrected chi connectivity index (χ3v) is 2.75. The van der Waals surface area contributed by atoms with Crippen molar-refractivity contribution in [2.24, 2.45) is 5.84 Å². The standard InChI is InChI=1S/C9H10BrF3N2/c10-7-4-2-1-3-6(7)5-8(15-14)9(11,12)13/h1-4,8,15H,5,14H2. The van der Waals surface area contributed by atoms with Gasteiger partial charge in [-0.05, 0) is 18.1 Å². The third kappa shape index (κ3) is 3.48. The number of halogens is 4. The molecule has 0 radical (unpaired) electrons. The van der Waals surface area contributed by atoms with Crippen LogP contribution in [0.5, 0.6) is 0 Å². The average molecular weight is 283 g/mol. The summed E-state index contributed by atoms with van der Waals surface area (Å²) in [6, 6.07) is 5.02. The Labute approximate surface area is 93.8 Å². The molecule has 0 saturated heterocycles. The molecule has 0 aliphatic rings. The molecular weight excluding hydrogens is 273 g/mol. The van der Waals surface area contributed by atoms with Crippen molar-refractivity contribution in [3.05, 3.63) is 34.3 Å². The lowest BCUT2D eigenvalue weighted by Gasteiger charge is -2.19. The average Bonchev–Trinajstić information content (AvgIpc) is 2.14. The van der Waals surface area contributed by atoms with E-state index in [2.05, 4.69) is 15.9 Å². The first-order valence-corrected chi connectivity index (χ1v) is 5.00. The van der Waals surface area contributed by atoms with Crippen LogP contribution in [-0.4, -0.2) is 12.2 Å². The van der Waals surface area contributed by atoms with Gasteiger partial charge in [0.25, 0.3) is 0 Å². The summed E-state index contributed by atoms with van der Waals surface area (Å²) in [5.74, 6) is 4.87. The predicted molar refractivity (Wildman–Crippen MR) is 55.0 cm³/mol. The summed E-state index contributed by atoms with van der Waals surface area (Å²) in [6.45, 7) is 0. The zero-order valence-corrected chi connectivity index (χ0v) is 9.27. The molecule has 0 amide bonds. The number of nitrogens with two attached hydrogens (primary N) is 1. The molecular formula is C9H10BrF3N2. The maximum absolute atomic E-state index is 12.4.